The first kappa shape index (κ1) is 16.2. The highest BCUT2D eigenvalue weighted by Gasteiger charge is 2.27. The predicted octanol–water partition coefficient (Wildman–Crippen LogP) is 2.25. The fourth-order valence-corrected chi connectivity index (χ4v) is 3.86. The van der Waals surface area contributed by atoms with Crippen LogP contribution in [0.5, 0.6) is 0 Å². The molecule has 0 spiro atoms. The van der Waals surface area contributed by atoms with Crippen LogP contribution in [0.3, 0.4) is 0 Å². The third-order valence-electron chi connectivity index (χ3n) is 3.10. The lowest BCUT2D eigenvalue weighted by molar-refractivity contribution is 0.276. The number of unbranched alkanes of at least 4 members (excludes halogenated alkanes) is 1. The van der Waals surface area contributed by atoms with Crippen molar-refractivity contribution in [2.75, 3.05) is 0 Å². The van der Waals surface area contributed by atoms with Gasteiger partial charge in [-0.25, -0.2) is 13.1 Å². The molecule has 1 rings (SSSR count). The molecule has 0 radical (unpaired) electrons. The van der Waals surface area contributed by atoms with Gasteiger partial charge in [-0.1, -0.05) is 19.8 Å². The van der Waals surface area contributed by atoms with Gasteiger partial charge in [0.1, 0.15) is 16.4 Å². The SMILES string of the molecule is CCCCC(C)NS(=O)(=O)c1c(C)oc(C)c1CO. The van der Waals surface area contributed by atoms with Crippen LogP contribution in [0.2, 0.25) is 0 Å². The summed E-state index contributed by atoms with van der Waals surface area (Å²) in [6.45, 7) is 6.81. The van der Waals surface area contributed by atoms with Gasteiger partial charge in [0.15, 0.2) is 0 Å². The summed E-state index contributed by atoms with van der Waals surface area (Å²) in [5.41, 5.74) is 0.340. The van der Waals surface area contributed by atoms with Crippen molar-refractivity contribution < 1.29 is 17.9 Å². The molecule has 1 aromatic heterocycles. The molecule has 2 N–H and O–H groups in total. The topological polar surface area (TPSA) is 79.5 Å². The standard InChI is InChI=1S/C13H23NO4S/c1-5-6-7-9(2)14-19(16,17)13-11(4)18-10(3)12(13)8-15/h9,14-15H,5-8H2,1-4H3. The molecule has 0 aliphatic rings. The van der Waals surface area contributed by atoms with Crippen molar-refractivity contribution in [1.82, 2.24) is 4.72 Å². The summed E-state index contributed by atoms with van der Waals surface area (Å²) < 4.78 is 32.6. The van der Waals surface area contributed by atoms with Crippen molar-refractivity contribution in [1.29, 1.82) is 0 Å². The molecule has 0 bridgehead atoms. The molecule has 1 unspecified atom stereocenters. The number of nitrogens with one attached hydrogen (secondary N) is 1. The zero-order valence-electron chi connectivity index (χ0n) is 12.0. The quantitative estimate of drug-likeness (QED) is 0.807. The average Bonchev–Trinajstić information content (AvgIpc) is 2.60. The van der Waals surface area contributed by atoms with Gasteiger partial charge in [-0.3, -0.25) is 0 Å². The van der Waals surface area contributed by atoms with Crippen LogP contribution >= 0.6 is 0 Å². The van der Waals surface area contributed by atoms with Gasteiger partial charge in [0.2, 0.25) is 10.0 Å². The lowest BCUT2D eigenvalue weighted by Crippen LogP contribution is -2.33. The highest BCUT2D eigenvalue weighted by atomic mass is 32.2. The van der Waals surface area contributed by atoms with Crippen molar-refractivity contribution in [3.05, 3.63) is 17.1 Å². The molecular formula is C13H23NO4S. The largest absolute Gasteiger partial charge is 0.465 e. The molecule has 6 heteroatoms. The van der Waals surface area contributed by atoms with Crippen LogP contribution in [0.25, 0.3) is 0 Å². The smallest absolute Gasteiger partial charge is 0.244 e. The lowest BCUT2D eigenvalue weighted by atomic mass is 10.2. The number of sulfonamides is 1. The van der Waals surface area contributed by atoms with Crippen molar-refractivity contribution in [3.63, 3.8) is 0 Å². The van der Waals surface area contributed by atoms with E-state index in [2.05, 4.69) is 11.6 Å². The third kappa shape index (κ3) is 3.81. The van der Waals surface area contributed by atoms with E-state index in [4.69, 9.17) is 4.42 Å². The van der Waals surface area contributed by atoms with E-state index in [0.717, 1.165) is 19.3 Å². The predicted molar refractivity (Wildman–Crippen MR) is 73.4 cm³/mol. The van der Waals surface area contributed by atoms with Gasteiger partial charge in [0, 0.05) is 11.6 Å². The molecule has 0 saturated carbocycles. The van der Waals surface area contributed by atoms with Crippen molar-refractivity contribution in [2.45, 2.75) is 64.5 Å². The van der Waals surface area contributed by atoms with Crippen LogP contribution < -0.4 is 4.72 Å². The van der Waals surface area contributed by atoms with Gasteiger partial charge in [0.05, 0.1) is 6.61 Å². The summed E-state index contributed by atoms with van der Waals surface area (Å²) in [5.74, 6) is 0.762. The summed E-state index contributed by atoms with van der Waals surface area (Å²) in [7, 11) is -3.65. The minimum absolute atomic E-state index is 0.0795. The van der Waals surface area contributed by atoms with E-state index in [9.17, 15) is 13.5 Å². The molecule has 0 fully saturated rings. The van der Waals surface area contributed by atoms with E-state index in [-0.39, 0.29) is 17.5 Å². The fraction of sp³-hybridized carbons (Fsp3) is 0.692. The first-order valence-corrected chi connectivity index (χ1v) is 8.03. The monoisotopic (exact) mass is 289 g/mol. The Morgan fingerprint density at radius 2 is 1.95 bits per heavy atom. The average molecular weight is 289 g/mol. The second kappa shape index (κ2) is 6.54. The van der Waals surface area contributed by atoms with Crippen LogP contribution in [0.4, 0.5) is 0 Å². The van der Waals surface area contributed by atoms with Gasteiger partial charge in [-0.15, -0.1) is 0 Å². The Kier molecular flexibility index (Phi) is 5.58. The molecule has 0 aliphatic heterocycles. The number of furan rings is 1. The van der Waals surface area contributed by atoms with Gasteiger partial charge in [-0.05, 0) is 27.2 Å². The molecule has 19 heavy (non-hydrogen) atoms. The van der Waals surface area contributed by atoms with Crippen LogP contribution in [0.15, 0.2) is 9.31 Å². The second-order valence-corrected chi connectivity index (χ2v) is 6.50. The zero-order chi connectivity index (χ0) is 14.6. The highest BCUT2D eigenvalue weighted by molar-refractivity contribution is 7.89. The van der Waals surface area contributed by atoms with Gasteiger partial charge >= 0.3 is 0 Å². The zero-order valence-corrected chi connectivity index (χ0v) is 12.8. The number of hydrogen-bond acceptors (Lipinski definition) is 4. The molecule has 1 atom stereocenters. The lowest BCUT2D eigenvalue weighted by Gasteiger charge is -2.14. The molecule has 1 aromatic rings. The Morgan fingerprint density at radius 1 is 1.32 bits per heavy atom. The molecule has 0 saturated heterocycles. The molecule has 0 aromatic carbocycles. The van der Waals surface area contributed by atoms with Crippen LogP contribution in [0, 0.1) is 13.8 Å². The minimum Gasteiger partial charge on any atom is -0.465 e. The Bertz CT molecular complexity index is 519. The second-order valence-electron chi connectivity index (χ2n) is 4.84. The summed E-state index contributed by atoms with van der Waals surface area (Å²) >= 11 is 0. The molecule has 110 valence electrons. The first-order valence-electron chi connectivity index (χ1n) is 6.55. The van der Waals surface area contributed by atoms with Crippen molar-refractivity contribution >= 4 is 10.0 Å². The van der Waals surface area contributed by atoms with E-state index in [1.165, 1.54) is 0 Å². The third-order valence-corrected chi connectivity index (χ3v) is 4.88. The molecule has 1 heterocycles. The first-order chi connectivity index (χ1) is 8.83. The number of aryl methyl sites for hydroxylation is 2. The number of aliphatic hydroxyl groups is 1. The molecule has 5 nitrogen and oxygen atoms in total. The van der Waals surface area contributed by atoms with Gasteiger partial charge in [0.25, 0.3) is 0 Å². The van der Waals surface area contributed by atoms with Gasteiger partial charge in [-0.2, -0.15) is 0 Å². The summed E-state index contributed by atoms with van der Waals surface area (Å²) in [5, 5.41) is 9.30. The molecular weight excluding hydrogens is 266 g/mol. The number of rotatable bonds is 7. The van der Waals surface area contributed by atoms with E-state index >= 15 is 0 Å². The van der Waals surface area contributed by atoms with Gasteiger partial charge < -0.3 is 9.52 Å². The maximum absolute atomic E-state index is 12.3. The minimum atomic E-state index is -3.65. The normalized spacial score (nSPS) is 13.7. The van der Waals surface area contributed by atoms with E-state index in [0.29, 0.717) is 17.1 Å². The van der Waals surface area contributed by atoms with Crippen molar-refractivity contribution in [2.24, 2.45) is 0 Å². The summed E-state index contributed by atoms with van der Waals surface area (Å²) in [6, 6.07) is -0.133. The highest BCUT2D eigenvalue weighted by Crippen LogP contribution is 2.26. The van der Waals surface area contributed by atoms with Crippen LogP contribution in [-0.4, -0.2) is 19.6 Å². The summed E-state index contributed by atoms with van der Waals surface area (Å²) in [6.07, 6.45) is 2.79. The Labute approximate surface area is 115 Å². The Hall–Kier alpha value is -0.850. The van der Waals surface area contributed by atoms with Crippen LogP contribution in [0.1, 0.15) is 50.2 Å². The maximum Gasteiger partial charge on any atom is 0.244 e. The van der Waals surface area contributed by atoms with Crippen molar-refractivity contribution in [3.8, 4) is 0 Å². The fourth-order valence-electron chi connectivity index (χ4n) is 2.14. The molecule has 0 aliphatic carbocycles. The number of aliphatic hydroxyl groups excluding tert-OH is 1. The number of hydrogen-bond donors (Lipinski definition) is 2. The molecule has 0 amide bonds. The van der Waals surface area contributed by atoms with E-state index in [1.807, 2.05) is 6.92 Å². The van der Waals surface area contributed by atoms with E-state index < -0.39 is 10.0 Å². The Morgan fingerprint density at radius 3 is 2.47 bits per heavy atom. The maximum atomic E-state index is 12.3. The van der Waals surface area contributed by atoms with Crippen LogP contribution in [-0.2, 0) is 16.6 Å². The Balaban J connectivity index is 3.01. The van der Waals surface area contributed by atoms with E-state index in [1.54, 1.807) is 13.8 Å². The summed E-state index contributed by atoms with van der Waals surface area (Å²) in [4.78, 5) is 0.0795.